The van der Waals surface area contributed by atoms with Gasteiger partial charge in [-0.2, -0.15) is 0 Å². The molecular formula is C29H24ClN5S2. The molecule has 1 saturated heterocycles. The summed E-state index contributed by atoms with van der Waals surface area (Å²) in [5, 5.41) is 2.54. The van der Waals surface area contributed by atoms with Gasteiger partial charge in [-0.05, 0) is 43.5 Å². The van der Waals surface area contributed by atoms with Crippen LogP contribution in [0, 0.1) is 0 Å². The molecule has 37 heavy (non-hydrogen) atoms. The van der Waals surface area contributed by atoms with Crippen molar-refractivity contribution in [3.63, 3.8) is 0 Å². The molecule has 0 unspecified atom stereocenters. The van der Waals surface area contributed by atoms with Crippen molar-refractivity contribution in [2.24, 2.45) is 0 Å². The molecule has 0 amide bonds. The number of rotatable bonds is 3. The molecule has 1 aliphatic rings. The quantitative estimate of drug-likeness (QED) is 0.211. The van der Waals surface area contributed by atoms with Crippen LogP contribution in [0.5, 0.6) is 0 Å². The van der Waals surface area contributed by atoms with Crippen LogP contribution in [0.4, 0.5) is 5.82 Å². The fourth-order valence-corrected chi connectivity index (χ4v) is 6.39. The Bertz CT molecular complexity index is 1630. The molecule has 184 valence electrons. The van der Waals surface area contributed by atoms with Crippen LogP contribution in [0.1, 0.15) is 19.3 Å². The fourth-order valence-electron chi connectivity index (χ4n) is 4.31. The smallest absolute Gasteiger partial charge is 0.146 e. The second-order valence-corrected chi connectivity index (χ2v) is 11.1. The second kappa shape index (κ2) is 10.9. The Kier molecular flexibility index (Phi) is 7.08. The average molecular weight is 542 g/mol. The number of nitrogens with zero attached hydrogens (tertiary/aromatic N) is 5. The van der Waals surface area contributed by atoms with Crippen molar-refractivity contribution in [3.05, 3.63) is 90.1 Å². The average Bonchev–Trinajstić information content (AvgIpc) is 3.59. The zero-order chi connectivity index (χ0) is 25.0. The third-order valence-corrected chi connectivity index (χ3v) is 8.42. The van der Waals surface area contributed by atoms with Crippen molar-refractivity contribution in [1.82, 2.24) is 19.9 Å². The van der Waals surface area contributed by atoms with Gasteiger partial charge in [0.1, 0.15) is 41.7 Å². The van der Waals surface area contributed by atoms with E-state index in [9.17, 15) is 0 Å². The highest BCUT2D eigenvalue weighted by Gasteiger charge is 2.14. The lowest BCUT2D eigenvalue weighted by Gasteiger charge is -2.27. The number of thiazole rings is 2. The van der Waals surface area contributed by atoms with Crippen LogP contribution >= 0.6 is 34.3 Å². The Morgan fingerprint density at radius 1 is 0.568 bits per heavy atom. The highest BCUT2D eigenvalue weighted by atomic mass is 35.5. The molecule has 0 saturated carbocycles. The Hall–Kier alpha value is -3.39. The summed E-state index contributed by atoms with van der Waals surface area (Å²) in [6, 6.07) is 28.3. The number of benzene rings is 2. The lowest BCUT2D eigenvalue weighted by atomic mass is 10.1. The minimum Gasteiger partial charge on any atom is -0.357 e. The summed E-state index contributed by atoms with van der Waals surface area (Å²) >= 11 is 9.08. The SMILES string of the molecule is Clc1ccc2nc(-c3ccccc3)sc2n1.c1ccc(-c2nc3ccc(N4CCCCC4)nc3s2)cc1. The minimum absolute atomic E-state index is 0.510. The molecule has 7 rings (SSSR count). The third-order valence-electron chi connectivity index (χ3n) is 6.18. The van der Waals surface area contributed by atoms with Gasteiger partial charge in [-0.1, -0.05) is 94.9 Å². The molecule has 0 bridgehead atoms. The molecule has 0 N–H and O–H groups in total. The Labute approximate surface area is 228 Å². The van der Waals surface area contributed by atoms with E-state index in [1.54, 1.807) is 28.7 Å². The summed E-state index contributed by atoms with van der Waals surface area (Å²) in [5.41, 5.74) is 4.18. The number of piperidine rings is 1. The van der Waals surface area contributed by atoms with E-state index in [1.165, 1.54) is 24.8 Å². The van der Waals surface area contributed by atoms with Crippen LogP contribution < -0.4 is 4.90 Å². The van der Waals surface area contributed by atoms with E-state index >= 15 is 0 Å². The molecular weight excluding hydrogens is 518 g/mol. The number of aromatic nitrogens is 4. The first-order valence-electron chi connectivity index (χ1n) is 12.3. The standard InChI is InChI=1S/C17H17N3S.C12H7ClN2S/c1-3-7-13(8-4-1)16-18-14-9-10-15(19-17(14)21-16)20-11-5-2-6-12-20;13-10-7-6-9-12(15-10)16-11(14-9)8-4-2-1-3-5-8/h1,3-4,7-10H,2,5-6,11-12H2;1-7H. The summed E-state index contributed by atoms with van der Waals surface area (Å²) in [4.78, 5) is 22.6. The molecule has 0 atom stereocenters. The van der Waals surface area contributed by atoms with Crippen LogP contribution in [0.15, 0.2) is 84.9 Å². The van der Waals surface area contributed by atoms with Gasteiger partial charge in [-0.15, -0.1) is 0 Å². The number of fused-ring (bicyclic) bond motifs is 2. The summed E-state index contributed by atoms with van der Waals surface area (Å²) in [7, 11) is 0. The molecule has 6 aromatic rings. The van der Waals surface area contributed by atoms with E-state index < -0.39 is 0 Å². The molecule has 1 fully saturated rings. The van der Waals surface area contributed by atoms with Crippen molar-refractivity contribution in [3.8, 4) is 21.1 Å². The first kappa shape index (κ1) is 24.0. The van der Waals surface area contributed by atoms with Gasteiger partial charge in [0, 0.05) is 24.2 Å². The van der Waals surface area contributed by atoms with Gasteiger partial charge in [0.05, 0.1) is 0 Å². The summed E-state index contributed by atoms with van der Waals surface area (Å²) < 4.78 is 0. The van der Waals surface area contributed by atoms with E-state index in [0.29, 0.717) is 5.15 Å². The zero-order valence-electron chi connectivity index (χ0n) is 20.0. The van der Waals surface area contributed by atoms with Gasteiger partial charge in [0.25, 0.3) is 0 Å². The lowest BCUT2D eigenvalue weighted by molar-refractivity contribution is 0.574. The molecule has 5 heterocycles. The lowest BCUT2D eigenvalue weighted by Crippen LogP contribution is -2.29. The van der Waals surface area contributed by atoms with Gasteiger partial charge >= 0.3 is 0 Å². The van der Waals surface area contributed by atoms with Crippen LogP contribution in [-0.2, 0) is 0 Å². The maximum absolute atomic E-state index is 5.84. The van der Waals surface area contributed by atoms with Crippen molar-refractivity contribution < 1.29 is 0 Å². The van der Waals surface area contributed by atoms with Crippen LogP contribution in [-0.4, -0.2) is 33.0 Å². The van der Waals surface area contributed by atoms with Gasteiger partial charge in [0.15, 0.2) is 0 Å². The zero-order valence-corrected chi connectivity index (χ0v) is 22.4. The van der Waals surface area contributed by atoms with Crippen molar-refractivity contribution >= 4 is 60.8 Å². The molecule has 0 spiro atoms. The topological polar surface area (TPSA) is 54.8 Å². The van der Waals surface area contributed by atoms with E-state index in [2.05, 4.69) is 39.1 Å². The van der Waals surface area contributed by atoms with Crippen LogP contribution in [0.3, 0.4) is 0 Å². The number of hydrogen-bond donors (Lipinski definition) is 0. The van der Waals surface area contributed by atoms with Crippen molar-refractivity contribution in [2.75, 3.05) is 18.0 Å². The highest BCUT2D eigenvalue weighted by molar-refractivity contribution is 7.21. The predicted octanol–water partition coefficient (Wildman–Crippen LogP) is 8.36. The summed E-state index contributed by atoms with van der Waals surface area (Å²) in [6.07, 6.45) is 3.90. The first-order valence-corrected chi connectivity index (χ1v) is 14.3. The first-order chi connectivity index (χ1) is 18.2. The van der Waals surface area contributed by atoms with E-state index in [4.69, 9.17) is 21.6 Å². The minimum atomic E-state index is 0.510. The molecule has 2 aromatic carbocycles. The second-order valence-electron chi connectivity index (χ2n) is 8.77. The number of anilines is 1. The predicted molar refractivity (Wildman–Crippen MR) is 157 cm³/mol. The van der Waals surface area contributed by atoms with Crippen LogP contribution in [0.2, 0.25) is 5.15 Å². The molecule has 4 aromatic heterocycles. The van der Waals surface area contributed by atoms with E-state index in [1.807, 2.05) is 54.6 Å². The van der Waals surface area contributed by atoms with Gasteiger partial charge in [-0.3, -0.25) is 0 Å². The molecule has 8 heteroatoms. The van der Waals surface area contributed by atoms with Crippen molar-refractivity contribution in [1.29, 1.82) is 0 Å². The maximum Gasteiger partial charge on any atom is 0.146 e. The van der Waals surface area contributed by atoms with Crippen LogP contribution in [0.25, 0.3) is 41.8 Å². The number of pyridine rings is 2. The van der Waals surface area contributed by atoms with Gasteiger partial charge in [-0.25, -0.2) is 19.9 Å². The fraction of sp³-hybridized carbons (Fsp3) is 0.172. The summed E-state index contributed by atoms with van der Waals surface area (Å²) in [6.45, 7) is 2.26. The van der Waals surface area contributed by atoms with E-state index in [0.717, 1.165) is 55.2 Å². The Balaban J connectivity index is 0.000000141. The summed E-state index contributed by atoms with van der Waals surface area (Å²) in [5.74, 6) is 1.10. The molecule has 5 nitrogen and oxygen atoms in total. The largest absolute Gasteiger partial charge is 0.357 e. The maximum atomic E-state index is 5.84. The van der Waals surface area contributed by atoms with E-state index in [-0.39, 0.29) is 0 Å². The van der Waals surface area contributed by atoms with Gasteiger partial charge < -0.3 is 4.90 Å². The molecule has 0 radical (unpaired) electrons. The molecule has 1 aliphatic heterocycles. The normalized spacial score (nSPS) is 13.5. The highest BCUT2D eigenvalue weighted by Crippen LogP contribution is 2.31. The number of halogens is 1. The Morgan fingerprint density at radius 2 is 1.11 bits per heavy atom. The Morgan fingerprint density at radius 3 is 1.70 bits per heavy atom. The van der Waals surface area contributed by atoms with Crippen molar-refractivity contribution in [2.45, 2.75) is 19.3 Å². The monoisotopic (exact) mass is 541 g/mol. The van der Waals surface area contributed by atoms with Gasteiger partial charge in [0.2, 0.25) is 0 Å². The molecule has 0 aliphatic carbocycles. The third kappa shape index (κ3) is 5.49. The number of hydrogen-bond acceptors (Lipinski definition) is 7.